The van der Waals surface area contributed by atoms with Gasteiger partial charge >= 0.3 is 0 Å². The van der Waals surface area contributed by atoms with Crippen LogP contribution >= 0.6 is 0 Å². The van der Waals surface area contributed by atoms with Gasteiger partial charge in [-0.15, -0.1) is 0 Å². The number of primary sulfonamides is 1. The molecule has 1 heterocycles. The van der Waals surface area contributed by atoms with E-state index in [1.807, 2.05) is 4.98 Å². The highest BCUT2D eigenvalue weighted by Gasteiger charge is 2.20. The molecule has 3 N–H and O–H groups in total. The second kappa shape index (κ2) is 3.46. The lowest BCUT2D eigenvalue weighted by molar-refractivity contribution is 0.147. The van der Waals surface area contributed by atoms with E-state index in [-0.39, 0.29) is 0 Å². The van der Waals surface area contributed by atoms with Gasteiger partial charge in [0, 0.05) is 17.8 Å². The first kappa shape index (κ1) is 10.8. The van der Waals surface area contributed by atoms with Crippen LogP contribution in [-0.4, -0.2) is 13.4 Å². The monoisotopic (exact) mass is 224 g/mol. The molecule has 5 nitrogen and oxygen atoms in total. The molecule has 8 heteroatoms. The van der Waals surface area contributed by atoms with Crippen LogP contribution in [0.3, 0.4) is 0 Å². The Kier molecular flexibility index (Phi) is 2.67. The highest BCUT2D eigenvalue weighted by molar-refractivity contribution is 7.89. The fourth-order valence-corrected chi connectivity index (χ4v) is 1.59. The van der Waals surface area contributed by atoms with Gasteiger partial charge in [0.1, 0.15) is 4.90 Å². The van der Waals surface area contributed by atoms with Crippen LogP contribution in [0.2, 0.25) is 0 Å². The fourth-order valence-electron chi connectivity index (χ4n) is 0.891. The zero-order chi connectivity index (χ0) is 10.9. The van der Waals surface area contributed by atoms with Gasteiger partial charge < -0.3 is 4.98 Å². The predicted molar refractivity (Wildman–Crippen MR) is 43.4 cm³/mol. The van der Waals surface area contributed by atoms with Gasteiger partial charge in [-0.3, -0.25) is 4.79 Å². The smallest absolute Gasteiger partial charge is 0.265 e. The van der Waals surface area contributed by atoms with Crippen LogP contribution in [0.5, 0.6) is 0 Å². The fraction of sp³-hybridized carbons (Fsp3) is 0.167. The van der Waals surface area contributed by atoms with Gasteiger partial charge in [0.15, 0.2) is 0 Å². The van der Waals surface area contributed by atoms with Gasteiger partial charge in [0.05, 0.1) is 0 Å². The Morgan fingerprint density at radius 3 is 2.43 bits per heavy atom. The highest BCUT2D eigenvalue weighted by atomic mass is 32.2. The first-order chi connectivity index (χ1) is 6.32. The number of nitrogens with one attached hydrogen (secondary N) is 1. The molecule has 78 valence electrons. The van der Waals surface area contributed by atoms with Crippen molar-refractivity contribution in [1.29, 1.82) is 0 Å². The van der Waals surface area contributed by atoms with Crippen molar-refractivity contribution in [3.8, 4) is 0 Å². The van der Waals surface area contributed by atoms with Crippen molar-refractivity contribution < 1.29 is 17.2 Å². The molecule has 0 atom stereocenters. The van der Waals surface area contributed by atoms with E-state index < -0.39 is 32.5 Å². The summed E-state index contributed by atoms with van der Waals surface area (Å²) >= 11 is 0. The van der Waals surface area contributed by atoms with Gasteiger partial charge in [0.2, 0.25) is 15.6 Å². The van der Waals surface area contributed by atoms with E-state index in [2.05, 4.69) is 5.14 Å². The lowest BCUT2D eigenvalue weighted by Crippen LogP contribution is -2.18. The number of rotatable bonds is 2. The van der Waals surface area contributed by atoms with Crippen molar-refractivity contribution in [3.05, 3.63) is 28.2 Å². The maximum atomic E-state index is 12.3. The summed E-state index contributed by atoms with van der Waals surface area (Å²) in [5.41, 5.74) is -1.70. The first-order valence-corrected chi connectivity index (χ1v) is 4.90. The molecule has 0 aliphatic heterocycles. The molecule has 0 unspecified atom stereocenters. The number of hydrogen-bond acceptors (Lipinski definition) is 3. The number of sulfonamides is 1. The summed E-state index contributed by atoms with van der Waals surface area (Å²) in [6.45, 7) is 0. The summed E-state index contributed by atoms with van der Waals surface area (Å²) in [4.78, 5) is 11.8. The van der Waals surface area contributed by atoms with Crippen molar-refractivity contribution in [1.82, 2.24) is 4.98 Å². The molecule has 0 bridgehead atoms. The topological polar surface area (TPSA) is 93.0 Å². The Hall–Kier alpha value is -1.28. The van der Waals surface area contributed by atoms with Crippen LogP contribution < -0.4 is 10.7 Å². The molecule has 0 aliphatic rings. The number of pyridine rings is 1. The summed E-state index contributed by atoms with van der Waals surface area (Å²) in [6.07, 6.45) is -2.41. The van der Waals surface area contributed by atoms with Crippen molar-refractivity contribution in [3.63, 3.8) is 0 Å². The Morgan fingerprint density at radius 2 is 2.00 bits per heavy atom. The van der Waals surface area contributed by atoms with Crippen LogP contribution in [0.25, 0.3) is 0 Å². The highest BCUT2D eigenvalue weighted by Crippen LogP contribution is 2.23. The van der Waals surface area contributed by atoms with E-state index >= 15 is 0 Å². The van der Waals surface area contributed by atoms with Crippen molar-refractivity contribution in [2.45, 2.75) is 11.3 Å². The van der Waals surface area contributed by atoms with Crippen LogP contribution in [-0.2, 0) is 10.0 Å². The van der Waals surface area contributed by atoms with Gasteiger partial charge in [-0.25, -0.2) is 22.3 Å². The molecule has 1 aromatic heterocycles. The van der Waals surface area contributed by atoms with Crippen LogP contribution in [0, 0.1) is 0 Å². The van der Waals surface area contributed by atoms with Crippen molar-refractivity contribution in [2.75, 3.05) is 0 Å². The van der Waals surface area contributed by atoms with E-state index in [0.29, 0.717) is 12.3 Å². The molecule has 0 amide bonds. The molecule has 0 saturated carbocycles. The third kappa shape index (κ3) is 2.15. The van der Waals surface area contributed by atoms with E-state index in [0.717, 1.165) is 0 Å². The minimum Gasteiger partial charge on any atom is -0.328 e. The van der Waals surface area contributed by atoms with Gasteiger partial charge in [-0.2, -0.15) is 0 Å². The van der Waals surface area contributed by atoms with Gasteiger partial charge in [0.25, 0.3) is 6.43 Å². The normalized spacial score (nSPS) is 12.0. The number of alkyl halides is 2. The zero-order valence-electron chi connectivity index (χ0n) is 6.70. The van der Waals surface area contributed by atoms with E-state index in [9.17, 15) is 22.0 Å². The number of halogens is 2. The van der Waals surface area contributed by atoms with E-state index in [1.54, 1.807) is 0 Å². The zero-order valence-corrected chi connectivity index (χ0v) is 7.51. The molecular formula is C6H6F2N2O3S. The maximum Gasteiger partial charge on any atom is 0.265 e. The molecule has 0 aliphatic carbocycles. The molecule has 1 aromatic rings. The van der Waals surface area contributed by atoms with Crippen molar-refractivity contribution in [2.24, 2.45) is 5.14 Å². The molecule has 0 aromatic carbocycles. The third-order valence-electron chi connectivity index (χ3n) is 1.46. The third-order valence-corrected chi connectivity index (χ3v) is 2.42. The summed E-state index contributed by atoms with van der Waals surface area (Å²) < 4.78 is 46.1. The molecule has 0 fully saturated rings. The molecule has 14 heavy (non-hydrogen) atoms. The van der Waals surface area contributed by atoms with Gasteiger partial charge in [-0.1, -0.05) is 0 Å². The van der Waals surface area contributed by atoms with E-state index in [1.165, 1.54) is 0 Å². The second-order valence-corrected chi connectivity index (χ2v) is 3.99. The molecule has 0 saturated heterocycles. The summed E-state index contributed by atoms with van der Waals surface area (Å²) in [7, 11) is -4.25. The standard InChI is InChI=1S/C6H6F2N2O3S/c7-6(8)3-1-5(11)10-2-4(3)14(9,12)13/h1-2,6H,(H,10,11)(H2,9,12,13). The minimum absolute atomic E-state index is 0.504. The lowest BCUT2D eigenvalue weighted by atomic mass is 10.3. The molecular weight excluding hydrogens is 218 g/mol. The average Bonchev–Trinajstić information content (AvgIpc) is 2.01. The number of nitrogens with two attached hydrogens (primary N) is 1. The Labute approximate surface area is 77.6 Å². The van der Waals surface area contributed by atoms with Crippen LogP contribution in [0.4, 0.5) is 8.78 Å². The molecule has 0 spiro atoms. The summed E-state index contributed by atoms with van der Waals surface area (Å²) in [6, 6.07) is 0.504. The van der Waals surface area contributed by atoms with Crippen LogP contribution in [0.1, 0.15) is 12.0 Å². The lowest BCUT2D eigenvalue weighted by Gasteiger charge is -2.04. The van der Waals surface area contributed by atoms with Gasteiger partial charge in [-0.05, 0) is 0 Å². The number of hydrogen-bond donors (Lipinski definition) is 2. The quantitative estimate of drug-likeness (QED) is 0.738. The average molecular weight is 224 g/mol. The number of aromatic nitrogens is 1. The first-order valence-electron chi connectivity index (χ1n) is 3.36. The molecule has 0 radical (unpaired) electrons. The number of aromatic amines is 1. The largest absolute Gasteiger partial charge is 0.328 e. The SMILES string of the molecule is NS(=O)(=O)c1c[nH]c(=O)cc1C(F)F. The molecule has 1 rings (SSSR count). The maximum absolute atomic E-state index is 12.3. The number of H-pyrrole nitrogens is 1. The van der Waals surface area contributed by atoms with Crippen molar-refractivity contribution >= 4 is 10.0 Å². The second-order valence-electron chi connectivity index (χ2n) is 2.46. The van der Waals surface area contributed by atoms with E-state index in [4.69, 9.17) is 0 Å². The Bertz CT molecular complexity index is 494. The minimum atomic E-state index is -4.25. The Morgan fingerprint density at radius 1 is 1.43 bits per heavy atom. The predicted octanol–water partition coefficient (Wildman–Crippen LogP) is -0.0401. The Balaban J connectivity index is 3.53. The summed E-state index contributed by atoms with van der Waals surface area (Å²) in [5, 5.41) is 4.66. The summed E-state index contributed by atoms with van der Waals surface area (Å²) in [5.74, 6) is 0. The van der Waals surface area contributed by atoms with Crippen LogP contribution in [0.15, 0.2) is 22.0 Å².